The lowest BCUT2D eigenvalue weighted by Gasteiger charge is -2.12. The van der Waals surface area contributed by atoms with E-state index in [1.807, 2.05) is 30.3 Å². The topological polar surface area (TPSA) is 89.3 Å². The van der Waals surface area contributed by atoms with Gasteiger partial charge >= 0.3 is 0 Å². The van der Waals surface area contributed by atoms with Crippen LogP contribution in [-0.2, 0) is 10.0 Å². The van der Waals surface area contributed by atoms with E-state index in [0.717, 1.165) is 5.56 Å². The molecule has 0 aliphatic rings. The number of carbonyl (C=O) groups excluding carboxylic acids is 1. The molecule has 0 unspecified atom stereocenters. The van der Waals surface area contributed by atoms with Crippen molar-refractivity contribution >= 4 is 55.8 Å². The molecule has 9 heteroatoms. The molecule has 4 rings (SSSR count). The third-order valence-electron chi connectivity index (χ3n) is 5.35. The molecule has 2 aromatic carbocycles. The van der Waals surface area contributed by atoms with Crippen LogP contribution in [0, 0.1) is 5.92 Å². The number of nitrogens with zero attached hydrogens (tertiary/aromatic N) is 1. The molecule has 0 radical (unpaired) electrons. The Hall–Kier alpha value is -2.87. The van der Waals surface area contributed by atoms with Crippen molar-refractivity contribution in [3.8, 4) is 22.4 Å². The molecule has 176 valence electrons. The van der Waals surface area contributed by atoms with Gasteiger partial charge in [-0.25, -0.2) is 13.4 Å². The molecule has 6 nitrogen and oxygen atoms in total. The summed E-state index contributed by atoms with van der Waals surface area (Å²) >= 11 is 12.6. The van der Waals surface area contributed by atoms with Gasteiger partial charge in [-0.05, 0) is 36.8 Å². The van der Waals surface area contributed by atoms with Crippen LogP contribution < -0.4 is 4.72 Å². The number of benzene rings is 2. The first-order valence-corrected chi connectivity index (χ1v) is 13.0. The van der Waals surface area contributed by atoms with Crippen LogP contribution in [0.4, 0.5) is 5.69 Å². The van der Waals surface area contributed by atoms with Gasteiger partial charge in [0.2, 0.25) is 21.5 Å². The predicted molar refractivity (Wildman–Crippen MR) is 137 cm³/mol. The highest BCUT2D eigenvalue weighted by atomic mass is 35.5. The van der Waals surface area contributed by atoms with E-state index in [9.17, 15) is 13.2 Å². The molecule has 0 saturated heterocycles. The number of nitrogens with one attached hydrogen (secondary N) is 1. The van der Waals surface area contributed by atoms with Gasteiger partial charge in [0.1, 0.15) is 5.69 Å². The molecule has 0 atom stereocenters. The summed E-state index contributed by atoms with van der Waals surface area (Å²) in [5, 5.41) is 1.44. The van der Waals surface area contributed by atoms with Gasteiger partial charge in [0.15, 0.2) is 5.76 Å². The van der Waals surface area contributed by atoms with Gasteiger partial charge in [0.25, 0.3) is 0 Å². The Balaban J connectivity index is 2.08. The van der Waals surface area contributed by atoms with E-state index in [2.05, 4.69) is 4.72 Å². The number of halogens is 2. The summed E-state index contributed by atoms with van der Waals surface area (Å²) in [6.45, 7) is 4.95. The predicted octanol–water partition coefficient (Wildman–Crippen LogP) is 7.07. The average molecular weight is 517 g/mol. The number of sulfonamides is 1. The minimum absolute atomic E-state index is 0.0760. The lowest BCUT2D eigenvalue weighted by Crippen LogP contribution is -2.17. The number of anilines is 1. The second-order valence-electron chi connectivity index (χ2n) is 8.05. The highest BCUT2D eigenvalue weighted by Gasteiger charge is 2.28. The van der Waals surface area contributed by atoms with Gasteiger partial charge < -0.3 is 4.42 Å². The van der Waals surface area contributed by atoms with E-state index >= 15 is 0 Å². The average Bonchev–Trinajstić information content (AvgIpc) is 3.15. The molecular formula is C25H22Cl2N2O4S. The number of pyridine rings is 1. The van der Waals surface area contributed by atoms with E-state index in [1.54, 1.807) is 38.1 Å². The minimum atomic E-state index is -3.70. The number of Topliss-reactive ketones (excluding diaryl/α,β-unsaturated/α-hetero) is 1. The quantitative estimate of drug-likeness (QED) is 0.265. The lowest BCUT2D eigenvalue weighted by atomic mass is 9.98. The SMILES string of the molecule is CCS(=O)(=O)Nc1c(C(=O)C(C)C)oc2nc(-c3ccccc3Cl)c(-c3ccc(Cl)cc3)cc12. The minimum Gasteiger partial charge on any atom is -0.432 e. The molecule has 0 fully saturated rings. The Morgan fingerprint density at radius 1 is 1.06 bits per heavy atom. The maximum absolute atomic E-state index is 12.9. The van der Waals surface area contributed by atoms with Crippen LogP contribution in [0.5, 0.6) is 0 Å². The molecule has 4 aromatic rings. The number of furan rings is 1. The highest BCUT2D eigenvalue weighted by Crippen LogP contribution is 2.41. The van der Waals surface area contributed by atoms with Crippen molar-refractivity contribution in [3.63, 3.8) is 0 Å². The largest absolute Gasteiger partial charge is 0.432 e. The molecule has 1 N–H and O–H groups in total. The van der Waals surface area contributed by atoms with Crippen LogP contribution >= 0.6 is 23.2 Å². The third kappa shape index (κ3) is 4.69. The van der Waals surface area contributed by atoms with Crippen molar-refractivity contribution in [2.75, 3.05) is 10.5 Å². The first-order chi connectivity index (χ1) is 16.1. The fourth-order valence-corrected chi connectivity index (χ4v) is 4.51. The highest BCUT2D eigenvalue weighted by molar-refractivity contribution is 7.92. The first kappa shape index (κ1) is 24.3. The van der Waals surface area contributed by atoms with Crippen molar-refractivity contribution in [2.24, 2.45) is 5.92 Å². The van der Waals surface area contributed by atoms with Crippen molar-refractivity contribution in [1.82, 2.24) is 4.98 Å². The molecular weight excluding hydrogens is 495 g/mol. The molecule has 2 aromatic heterocycles. The van der Waals surface area contributed by atoms with Crippen molar-refractivity contribution in [2.45, 2.75) is 20.8 Å². The molecule has 0 aliphatic carbocycles. The van der Waals surface area contributed by atoms with E-state index in [1.165, 1.54) is 6.92 Å². The van der Waals surface area contributed by atoms with Gasteiger partial charge in [-0.1, -0.05) is 67.4 Å². The van der Waals surface area contributed by atoms with Gasteiger partial charge in [0.05, 0.1) is 16.8 Å². The van der Waals surface area contributed by atoms with Crippen LogP contribution in [0.15, 0.2) is 59.0 Å². The number of fused-ring (bicyclic) bond motifs is 1. The van der Waals surface area contributed by atoms with E-state index in [-0.39, 0.29) is 28.7 Å². The van der Waals surface area contributed by atoms with Crippen LogP contribution in [0.2, 0.25) is 10.0 Å². The number of hydrogen-bond acceptors (Lipinski definition) is 5. The number of aromatic nitrogens is 1. The van der Waals surface area contributed by atoms with E-state index in [0.29, 0.717) is 32.3 Å². The molecule has 0 saturated carbocycles. The Labute approximate surface area is 208 Å². The number of rotatable bonds is 7. The summed E-state index contributed by atoms with van der Waals surface area (Å²) in [6, 6.07) is 16.2. The van der Waals surface area contributed by atoms with Crippen LogP contribution in [0.3, 0.4) is 0 Å². The van der Waals surface area contributed by atoms with E-state index in [4.69, 9.17) is 32.6 Å². The Morgan fingerprint density at radius 2 is 1.74 bits per heavy atom. The lowest BCUT2D eigenvalue weighted by molar-refractivity contribution is 0.0914. The van der Waals surface area contributed by atoms with Crippen molar-refractivity contribution in [1.29, 1.82) is 0 Å². The van der Waals surface area contributed by atoms with Gasteiger partial charge in [-0.2, -0.15) is 0 Å². The third-order valence-corrected chi connectivity index (χ3v) is 7.21. The second kappa shape index (κ2) is 9.41. The number of ketones is 1. The maximum atomic E-state index is 12.9. The summed E-state index contributed by atoms with van der Waals surface area (Å²) in [6.07, 6.45) is 0. The van der Waals surface area contributed by atoms with Crippen molar-refractivity contribution in [3.05, 3.63) is 70.4 Å². The fraction of sp³-hybridized carbons (Fsp3) is 0.200. The number of carbonyl (C=O) groups is 1. The second-order valence-corrected chi connectivity index (χ2v) is 10.9. The summed E-state index contributed by atoms with van der Waals surface area (Å²) in [5.41, 5.74) is 2.88. The number of hydrogen-bond donors (Lipinski definition) is 1. The summed E-state index contributed by atoms with van der Waals surface area (Å²) < 4.78 is 33.3. The zero-order valence-corrected chi connectivity index (χ0v) is 21.1. The van der Waals surface area contributed by atoms with E-state index < -0.39 is 15.9 Å². The van der Waals surface area contributed by atoms with Gasteiger partial charge in [-0.3, -0.25) is 9.52 Å². The molecule has 0 amide bonds. The van der Waals surface area contributed by atoms with Crippen LogP contribution in [0.1, 0.15) is 31.3 Å². The zero-order chi connectivity index (χ0) is 24.6. The molecule has 2 heterocycles. The fourth-order valence-electron chi connectivity index (χ4n) is 3.50. The van der Waals surface area contributed by atoms with Gasteiger partial charge in [0, 0.05) is 27.1 Å². The van der Waals surface area contributed by atoms with Gasteiger partial charge in [-0.15, -0.1) is 0 Å². The maximum Gasteiger partial charge on any atom is 0.232 e. The Bertz CT molecular complexity index is 1490. The van der Waals surface area contributed by atoms with Crippen LogP contribution in [0.25, 0.3) is 33.5 Å². The molecule has 0 spiro atoms. The molecule has 0 aliphatic heterocycles. The normalized spacial score (nSPS) is 11.8. The summed E-state index contributed by atoms with van der Waals surface area (Å²) in [4.78, 5) is 17.6. The zero-order valence-electron chi connectivity index (χ0n) is 18.7. The Kier molecular flexibility index (Phi) is 6.71. The van der Waals surface area contributed by atoms with Crippen molar-refractivity contribution < 1.29 is 17.6 Å². The standard InChI is InChI=1S/C25H22Cl2N2O4S/c1-4-34(31,32)29-22-19-13-18(15-9-11-16(26)12-10-15)21(17-7-5-6-8-20(17)27)28-25(19)33-24(22)23(30)14(2)3/h5-14,29H,4H2,1-3H3. The Morgan fingerprint density at radius 3 is 2.35 bits per heavy atom. The summed E-state index contributed by atoms with van der Waals surface area (Å²) in [5.74, 6) is -0.985. The van der Waals surface area contributed by atoms with Crippen LogP contribution in [-0.4, -0.2) is 24.9 Å². The molecule has 0 bridgehead atoms. The first-order valence-electron chi connectivity index (χ1n) is 10.6. The molecule has 34 heavy (non-hydrogen) atoms. The monoisotopic (exact) mass is 516 g/mol. The smallest absolute Gasteiger partial charge is 0.232 e. The summed E-state index contributed by atoms with van der Waals surface area (Å²) in [7, 11) is -3.70.